The number of nitrogens with zero attached hydrogens (tertiary/aromatic N) is 1. The van der Waals surface area contributed by atoms with Gasteiger partial charge >= 0.3 is 0 Å². The highest BCUT2D eigenvalue weighted by atomic mass is 16.5. The van der Waals surface area contributed by atoms with Crippen LogP contribution in [0.5, 0.6) is 5.75 Å². The van der Waals surface area contributed by atoms with E-state index in [4.69, 9.17) is 4.74 Å². The molecule has 114 valence electrons. The largest absolute Gasteiger partial charge is 0.492 e. The van der Waals surface area contributed by atoms with Gasteiger partial charge in [0.25, 0.3) is 0 Å². The monoisotopic (exact) mass is 278 g/mol. The summed E-state index contributed by atoms with van der Waals surface area (Å²) >= 11 is 0. The molecule has 3 heteroatoms. The normalized spacial score (nSPS) is 12.7. The van der Waals surface area contributed by atoms with E-state index in [9.17, 15) is 0 Å². The predicted octanol–water partition coefficient (Wildman–Crippen LogP) is 4.35. The molecule has 0 fully saturated rings. The lowest BCUT2D eigenvalue weighted by atomic mass is 9.86. The molecule has 0 radical (unpaired) electrons. The zero-order chi connectivity index (χ0) is 14.8. The van der Waals surface area contributed by atoms with Gasteiger partial charge in [-0.05, 0) is 43.9 Å². The Bertz CT molecular complexity index is 362. The number of hydrogen-bond acceptors (Lipinski definition) is 3. The summed E-state index contributed by atoms with van der Waals surface area (Å²) in [6.07, 6.45) is 8.74. The van der Waals surface area contributed by atoms with Gasteiger partial charge in [-0.1, -0.05) is 33.6 Å². The number of ether oxygens (including phenoxy) is 1. The van der Waals surface area contributed by atoms with Crippen LogP contribution in [0.4, 0.5) is 0 Å². The van der Waals surface area contributed by atoms with Crippen molar-refractivity contribution in [1.29, 1.82) is 0 Å². The topological polar surface area (TPSA) is 34.2 Å². The molecular formula is C17H30N2O. The van der Waals surface area contributed by atoms with Crippen LogP contribution in [0.15, 0.2) is 18.5 Å². The number of hydrogen-bond donors (Lipinski definition) is 1. The summed E-state index contributed by atoms with van der Waals surface area (Å²) in [5.74, 6) is 1.54. The summed E-state index contributed by atoms with van der Waals surface area (Å²) in [6.45, 7) is 10.4. The second-order valence-corrected chi connectivity index (χ2v) is 5.26. The Morgan fingerprint density at radius 3 is 2.35 bits per heavy atom. The molecule has 0 spiro atoms. The highest BCUT2D eigenvalue weighted by Crippen LogP contribution is 2.30. The minimum atomic E-state index is 0.382. The van der Waals surface area contributed by atoms with Gasteiger partial charge in [-0.2, -0.15) is 0 Å². The molecule has 1 aromatic rings. The average molecular weight is 278 g/mol. The molecule has 1 rings (SSSR count). The molecular weight excluding hydrogens is 248 g/mol. The van der Waals surface area contributed by atoms with E-state index in [2.05, 4.69) is 37.1 Å². The first kappa shape index (κ1) is 17.0. The van der Waals surface area contributed by atoms with E-state index in [-0.39, 0.29) is 0 Å². The van der Waals surface area contributed by atoms with Crippen molar-refractivity contribution in [3.8, 4) is 5.75 Å². The summed E-state index contributed by atoms with van der Waals surface area (Å²) in [4.78, 5) is 4.34. The molecule has 1 N–H and O–H groups in total. The van der Waals surface area contributed by atoms with Crippen LogP contribution in [0.2, 0.25) is 0 Å². The minimum absolute atomic E-state index is 0.382. The van der Waals surface area contributed by atoms with Crippen LogP contribution in [0.1, 0.15) is 65.0 Å². The van der Waals surface area contributed by atoms with Gasteiger partial charge in [-0.15, -0.1) is 0 Å². The second-order valence-electron chi connectivity index (χ2n) is 5.26. The van der Waals surface area contributed by atoms with Crippen LogP contribution in [-0.2, 0) is 0 Å². The summed E-state index contributed by atoms with van der Waals surface area (Å²) < 4.78 is 5.58. The van der Waals surface area contributed by atoms with E-state index < -0.39 is 0 Å². The van der Waals surface area contributed by atoms with Gasteiger partial charge in [0.1, 0.15) is 5.75 Å². The lowest BCUT2D eigenvalue weighted by molar-refractivity contribution is 0.314. The fourth-order valence-corrected chi connectivity index (χ4v) is 2.85. The van der Waals surface area contributed by atoms with E-state index in [1.165, 1.54) is 31.2 Å². The van der Waals surface area contributed by atoms with Crippen molar-refractivity contribution in [2.45, 2.75) is 59.4 Å². The predicted molar refractivity (Wildman–Crippen MR) is 85.1 cm³/mol. The van der Waals surface area contributed by atoms with Gasteiger partial charge in [0.2, 0.25) is 0 Å². The van der Waals surface area contributed by atoms with Crippen molar-refractivity contribution in [3.63, 3.8) is 0 Å². The fourth-order valence-electron chi connectivity index (χ4n) is 2.85. The highest BCUT2D eigenvalue weighted by Gasteiger charge is 2.21. The molecule has 0 saturated heterocycles. The third-order valence-corrected chi connectivity index (χ3v) is 3.62. The molecule has 0 bridgehead atoms. The van der Waals surface area contributed by atoms with Crippen molar-refractivity contribution in [2.24, 2.45) is 5.92 Å². The van der Waals surface area contributed by atoms with E-state index in [0.29, 0.717) is 18.6 Å². The molecule has 20 heavy (non-hydrogen) atoms. The van der Waals surface area contributed by atoms with Crippen molar-refractivity contribution >= 4 is 0 Å². The third kappa shape index (κ3) is 5.12. The van der Waals surface area contributed by atoms with E-state index in [1.807, 2.05) is 13.1 Å². The number of pyridine rings is 1. The molecule has 0 amide bonds. The Labute approximate surface area is 124 Å². The van der Waals surface area contributed by atoms with Gasteiger partial charge in [0.05, 0.1) is 12.8 Å². The first-order valence-electron chi connectivity index (χ1n) is 8.07. The van der Waals surface area contributed by atoms with Crippen LogP contribution in [0.3, 0.4) is 0 Å². The first-order chi connectivity index (χ1) is 9.76. The van der Waals surface area contributed by atoms with Crippen molar-refractivity contribution in [2.75, 3.05) is 13.2 Å². The molecule has 1 aromatic heterocycles. The maximum Gasteiger partial charge on any atom is 0.137 e. The lowest BCUT2D eigenvalue weighted by Crippen LogP contribution is -2.28. The minimum Gasteiger partial charge on any atom is -0.492 e. The molecule has 0 aliphatic carbocycles. The van der Waals surface area contributed by atoms with Crippen LogP contribution >= 0.6 is 0 Å². The molecule has 3 nitrogen and oxygen atoms in total. The van der Waals surface area contributed by atoms with E-state index in [1.54, 1.807) is 6.20 Å². The molecule has 0 aromatic carbocycles. The first-order valence-corrected chi connectivity index (χ1v) is 8.07. The van der Waals surface area contributed by atoms with Gasteiger partial charge < -0.3 is 10.1 Å². The quantitative estimate of drug-likeness (QED) is 0.691. The summed E-state index contributed by atoms with van der Waals surface area (Å²) in [7, 11) is 0. The Morgan fingerprint density at radius 2 is 1.80 bits per heavy atom. The van der Waals surface area contributed by atoms with E-state index in [0.717, 1.165) is 12.3 Å². The van der Waals surface area contributed by atoms with Gasteiger partial charge in [0, 0.05) is 12.2 Å². The van der Waals surface area contributed by atoms with E-state index >= 15 is 0 Å². The number of rotatable bonds is 10. The molecule has 0 aliphatic heterocycles. The lowest BCUT2D eigenvalue weighted by Gasteiger charge is -2.28. The summed E-state index contributed by atoms with van der Waals surface area (Å²) in [5, 5.41) is 3.64. The molecule has 1 unspecified atom stereocenters. The molecule has 1 heterocycles. The van der Waals surface area contributed by atoms with Gasteiger partial charge in [-0.25, -0.2) is 0 Å². The molecule has 1 atom stereocenters. The summed E-state index contributed by atoms with van der Waals surface area (Å²) in [5.41, 5.74) is 1.25. The zero-order valence-electron chi connectivity index (χ0n) is 13.5. The van der Waals surface area contributed by atoms with Gasteiger partial charge in [-0.3, -0.25) is 4.98 Å². The van der Waals surface area contributed by atoms with Crippen LogP contribution in [0.25, 0.3) is 0 Å². The maximum atomic E-state index is 5.58. The highest BCUT2D eigenvalue weighted by molar-refractivity contribution is 5.26. The summed E-state index contributed by atoms with van der Waals surface area (Å²) in [6, 6.07) is 2.52. The second kappa shape index (κ2) is 9.76. The molecule has 0 aliphatic rings. The fraction of sp³-hybridized carbons (Fsp3) is 0.706. The molecule has 0 saturated carbocycles. The average Bonchev–Trinajstić information content (AvgIpc) is 2.45. The maximum absolute atomic E-state index is 5.58. The Hall–Kier alpha value is -1.09. The zero-order valence-corrected chi connectivity index (χ0v) is 13.5. The third-order valence-electron chi connectivity index (χ3n) is 3.62. The Kier molecular flexibility index (Phi) is 8.28. The van der Waals surface area contributed by atoms with Crippen LogP contribution in [-0.4, -0.2) is 18.1 Å². The van der Waals surface area contributed by atoms with Crippen molar-refractivity contribution in [1.82, 2.24) is 10.3 Å². The SMILES string of the molecule is CCCC(CCC)C(NCC)c1cncc(OCC)c1. The number of aromatic nitrogens is 1. The van der Waals surface area contributed by atoms with Crippen LogP contribution < -0.4 is 10.1 Å². The standard InChI is InChI=1S/C17H30N2O/c1-5-9-14(10-6-2)17(19-7-3)15-11-16(20-8-4)13-18-12-15/h11-14,17,19H,5-10H2,1-4H3. The van der Waals surface area contributed by atoms with Crippen molar-refractivity contribution in [3.05, 3.63) is 24.0 Å². The van der Waals surface area contributed by atoms with Crippen molar-refractivity contribution < 1.29 is 4.74 Å². The van der Waals surface area contributed by atoms with Crippen LogP contribution in [0, 0.1) is 5.92 Å². The number of nitrogens with one attached hydrogen (secondary N) is 1. The van der Waals surface area contributed by atoms with Gasteiger partial charge in [0.15, 0.2) is 0 Å². The Balaban J connectivity index is 2.94. The smallest absolute Gasteiger partial charge is 0.137 e. The Morgan fingerprint density at radius 1 is 1.10 bits per heavy atom.